The minimum atomic E-state index is -0.445. The quantitative estimate of drug-likeness (QED) is 0.628. The van der Waals surface area contributed by atoms with E-state index in [9.17, 15) is 9.59 Å². The zero-order valence-electron chi connectivity index (χ0n) is 12.3. The van der Waals surface area contributed by atoms with Gasteiger partial charge in [-0.25, -0.2) is 0 Å². The van der Waals surface area contributed by atoms with Crippen molar-refractivity contribution in [3.05, 3.63) is 48.0 Å². The zero-order chi connectivity index (χ0) is 15.5. The molecule has 0 N–H and O–H groups in total. The second-order valence-electron chi connectivity index (χ2n) is 5.46. The Balaban J connectivity index is 1.63. The van der Waals surface area contributed by atoms with E-state index in [4.69, 9.17) is 14.2 Å². The second-order valence-corrected chi connectivity index (χ2v) is 5.46. The molecule has 1 aromatic rings. The first-order chi connectivity index (χ1) is 10.6. The minimum absolute atomic E-state index is 0.0666. The number of hydrogen-bond donors (Lipinski definition) is 0. The highest BCUT2D eigenvalue weighted by atomic mass is 16.7. The third-order valence-corrected chi connectivity index (χ3v) is 3.78. The van der Waals surface area contributed by atoms with Crippen molar-refractivity contribution in [3.8, 4) is 0 Å². The molecule has 4 atom stereocenters. The fourth-order valence-corrected chi connectivity index (χ4v) is 2.56. The molecule has 5 nitrogen and oxygen atoms in total. The van der Waals surface area contributed by atoms with Gasteiger partial charge in [-0.05, 0) is 0 Å². The highest BCUT2D eigenvalue weighted by molar-refractivity contribution is 6.36. The molecule has 0 radical (unpaired) electrons. The molecule has 0 amide bonds. The fourth-order valence-electron chi connectivity index (χ4n) is 2.56. The molecule has 0 bridgehead atoms. The van der Waals surface area contributed by atoms with Crippen molar-refractivity contribution in [2.75, 3.05) is 6.61 Å². The molecule has 1 aromatic carbocycles. The molecule has 1 saturated heterocycles. The lowest BCUT2D eigenvalue weighted by molar-refractivity contribution is -0.262. The van der Waals surface area contributed by atoms with E-state index in [1.807, 2.05) is 36.4 Å². The van der Waals surface area contributed by atoms with Crippen LogP contribution < -0.4 is 0 Å². The van der Waals surface area contributed by atoms with Gasteiger partial charge in [0.25, 0.3) is 0 Å². The predicted octanol–water partition coefficient (Wildman–Crippen LogP) is 1.97. The molecular formula is C17H18O5. The van der Waals surface area contributed by atoms with E-state index in [2.05, 4.69) is 0 Å². The number of ketones is 2. The monoisotopic (exact) mass is 302 g/mol. The maximum absolute atomic E-state index is 11.5. The molecule has 0 aromatic heterocycles. The summed E-state index contributed by atoms with van der Waals surface area (Å²) in [5.41, 5.74) is 0.961. The summed E-state index contributed by atoms with van der Waals surface area (Å²) in [6.07, 6.45) is 2.48. The Bertz CT molecular complexity index is 580. The number of fused-ring (bicyclic) bond motifs is 1. The van der Waals surface area contributed by atoms with E-state index < -0.39 is 24.0 Å². The molecule has 0 saturated carbocycles. The van der Waals surface area contributed by atoms with Gasteiger partial charge in [-0.3, -0.25) is 9.59 Å². The number of carbonyl (C=O) groups is 2. The molecule has 22 heavy (non-hydrogen) atoms. The van der Waals surface area contributed by atoms with Crippen molar-refractivity contribution in [3.63, 3.8) is 0 Å². The van der Waals surface area contributed by atoms with E-state index in [0.29, 0.717) is 6.61 Å². The maximum atomic E-state index is 11.5. The topological polar surface area (TPSA) is 61.8 Å². The molecule has 5 heteroatoms. The molecule has 3 rings (SSSR count). The number of rotatable bonds is 4. The van der Waals surface area contributed by atoms with Crippen LogP contribution in [0.5, 0.6) is 0 Å². The predicted molar refractivity (Wildman–Crippen MR) is 78.1 cm³/mol. The van der Waals surface area contributed by atoms with E-state index in [1.54, 1.807) is 6.08 Å². The Morgan fingerprint density at radius 2 is 1.91 bits per heavy atom. The average molecular weight is 302 g/mol. The number of hydrogen-bond acceptors (Lipinski definition) is 5. The van der Waals surface area contributed by atoms with Crippen LogP contribution in [0.25, 0.3) is 0 Å². The van der Waals surface area contributed by atoms with Crippen LogP contribution in [0.4, 0.5) is 0 Å². The molecule has 0 unspecified atom stereocenters. The zero-order valence-corrected chi connectivity index (χ0v) is 12.3. The number of carbonyl (C=O) groups excluding carboxylic acids is 2. The molecule has 2 heterocycles. The molecule has 0 spiro atoms. The molecule has 0 aliphatic carbocycles. The lowest BCUT2D eigenvalue weighted by Gasteiger charge is -2.39. The van der Waals surface area contributed by atoms with Crippen molar-refractivity contribution in [1.29, 1.82) is 0 Å². The van der Waals surface area contributed by atoms with Crippen LogP contribution in [0.15, 0.2) is 42.5 Å². The summed E-state index contributed by atoms with van der Waals surface area (Å²) in [5.74, 6) is -0.868. The minimum Gasteiger partial charge on any atom is -0.365 e. The van der Waals surface area contributed by atoms with E-state index in [-0.39, 0.29) is 18.6 Å². The van der Waals surface area contributed by atoms with Gasteiger partial charge < -0.3 is 14.2 Å². The number of Topliss-reactive ketones (excluding diaryl/α,β-unsaturated/α-hetero) is 2. The van der Waals surface area contributed by atoms with Gasteiger partial charge in [0.1, 0.15) is 12.2 Å². The van der Waals surface area contributed by atoms with Crippen molar-refractivity contribution >= 4 is 11.6 Å². The van der Waals surface area contributed by atoms with Crippen LogP contribution in [0.3, 0.4) is 0 Å². The molecular weight excluding hydrogens is 284 g/mol. The van der Waals surface area contributed by atoms with Crippen LogP contribution >= 0.6 is 0 Å². The van der Waals surface area contributed by atoms with Gasteiger partial charge in [-0.2, -0.15) is 0 Å². The summed E-state index contributed by atoms with van der Waals surface area (Å²) in [6.45, 7) is 1.66. The standard InChI is InChI=1S/C17H18O5/c1-11(18)14(19)9-13-7-8-15-16(21-13)10-20-17(22-15)12-5-3-2-4-6-12/h2-8,13,15-17H,9-10H2,1H3/t13-,15+,16-,17-/m1/s1. The highest BCUT2D eigenvalue weighted by Crippen LogP contribution is 2.31. The summed E-state index contributed by atoms with van der Waals surface area (Å²) in [7, 11) is 0. The first-order valence-corrected chi connectivity index (χ1v) is 7.33. The maximum Gasteiger partial charge on any atom is 0.200 e. The van der Waals surface area contributed by atoms with Gasteiger partial charge in [-0.1, -0.05) is 42.5 Å². The molecule has 116 valence electrons. The van der Waals surface area contributed by atoms with E-state index in [1.165, 1.54) is 6.92 Å². The van der Waals surface area contributed by atoms with Crippen LogP contribution in [-0.2, 0) is 23.8 Å². The fraction of sp³-hybridized carbons (Fsp3) is 0.412. The van der Waals surface area contributed by atoms with Crippen molar-refractivity contribution in [1.82, 2.24) is 0 Å². The largest absolute Gasteiger partial charge is 0.365 e. The Morgan fingerprint density at radius 1 is 1.14 bits per heavy atom. The Hall–Kier alpha value is -1.82. The average Bonchev–Trinajstić information content (AvgIpc) is 2.55. The van der Waals surface area contributed by atoms with Gasteiger partial charge >= 0.3 is 0 Å². The van der Waals surface area contributed by atoms with Crippen molar-refractivity contribution in [2.45, 2.75) is 37.9 Å². The molecule has 1 fully saturated rings. The number of benzene rings is 1. The first-order valence-electron chi connectivity index (χ1n) is 7.33. The van der Waals surface area contributed by atoms with Gasteiger partial charge in [-0.15, -0.1) is 0 Å². The van der Waals surface area contributed by atoms with Crippen LogP contribution in [0.1, 0.15) is 25.2 Å². The summed E-state index contributed by atoms with van der Waals surface area (Å²) >= 11 is 0. The summed E-state index contributed by atoms with van der Waals surface area (Å²) in [4.78, 5) is 22.5. The normalized spacial score (nSPS) is 30.6. The highest BCUT2D eigenvalue weighted by Gasteiger charge is 2.36. The van der Waals surface area contributed by atoms with Gasteiger partial charge in [0, 0.05) is 18.9 Å². The Morgan fingerprint density at radius 3 is 2.64 bits per heavy atom. The van der Waals surface area contributed by atoms with E-state index in [0.717, 1.165) is 5.56 Å². The smallest absolute Gasteiger partial charge is 0.200 e. The summed E-state index contributed by atoms with van der Waals surface area (Å²) in [5, 5.41) is 0. The third kappa shape index (κ3) is 3.32. The number of ether oxygens (including phenoxy) is 3. The van der Waals surface area contributed by atoms with Gasteiger partial charge in [0.2, 0.25) is 5.78 Å². The van der Waals surface area contributed by atoms with Crippen LogP contribution in [-0.4, -0.2) is 36.5 Å². The first kappa shape index (κ1) is 15.1. The lowest BCUT2D eigenvalue weighted by atomic mass is 10.0. The summed E-state index contributed by atoms with van der Waals surface area (Å²) < 4.78 is 17.4. The van der Waals surface area contributed by atoms with Crippen LogP contribution in [0.2, 0.25) is 0 Å². The SMILES string of the molecule is CC(=O)C(=O)C[C@H]1C=C[C@@H]2O[C@H](c3ccccc3)OC[C@H]2O1. The molecule has 2 aliphatic heterocycles. The summed E-state index contributed by atoms with van der Waals surface area (Å²) in [6, 6.07) is 9.71. The van der Waals surface area contributed by atoms with Gasteiger partial charge in [0.15, 0.2) is 12.1 Å². The van der Waals surface area contributed by atoms with Crippen molar-refractivity contribution < 1.29 is 23.8 Å². The van der Waals surface area contributed by atoms with Gasteiger partial charge in [0.05, 0.1) is 12.7 Å². The lowest BCUT2D eigenvalue weighted by Crippen LogP contribution is -2.45. The second kappa shape index (κ2) is 6.52. The Kier molecular flexibility index (Phi) is 4.47. The van der Waals surface area contributed by atoms with Crippen LogP contribution in [0, 0.1) is 0 Å². The molecule has 2 aliphatic rings. The third-order valence-electron chi connectivity index (χ3n) is 3.78. The van der Waals surface area contributed by atoms with E-state index >= 15 is 0 Å². The Labute approximate surface area is 128 Å². The van der Waals surface area contributed by atoms with Crippen molar-refractivity contribution in [2.24, 2.45) is 0 Å².